The highest BCUT2D eigenvalue weighted by atomic mass is 32.2. The molecule has 1 atom stereocenters. The first-order valence-electron chi connectivity index (χ1n) is 8.38. The molecule has 8 heteroatoms. The average molecular weight is 383 g/mol. The monoisotopic (exact) mass is 383 g/mol. The Hall–Kier alpha value is -2.22. The molecule has 0 aliphatic rings. The molecule has 0 heterocycles. The Morgan fingerprint density at radius 3 is 2.27 bits per heavy atom. The molecule has 0 radical (unpaired) electrons. The van der Waals surface area contributed by atoms with Crippen molar-refractivity contribution in [3.63, 3.8) is 0 Å². The normalized spacial score (nSPS) is 11.4. The molecule has 7 nitrogen and oxygen atoms in total. The maximum Gasteiger partial charge on any atom is 0.397 e. The van der Waals surface area contributed by atoms with E-state index < -0.39 is 17.1 Å². The molecule has 0 aromatic heterocycles. The Kier molecular flexibility index (Phi) is 9.57. The van der Waals surface area contributed by atoms with Crippen LogP contribution < -0.4 is 9.47 Å². The number of carbonyl (C=O) groups is 3. The molecule has 1 rings (SSSR count). The molecule has 1 aromatic rings. The van der Waals surface area contributed by atoms with E-state index in [4.69, 9.17) is 9.47 Å². The fraction of sp³-hybridized carbons (Fsp3) is 0.500. The van der Waals surface area contributed by atoms with Gasteiger partial charge in [-0.3, -0.25) is 14.5 Å². The summed E-state index contributed by atoms with van der Waals surface area (Å²) in [5.41, 5.74) is 0. The fourth-order valence-electron chi connectivity index (χ4n) is 1.86. The minimum atomic E-state index is -1.08. The molecule has 0 saturated carbocycles. The molecule has 1 unspecified atom stereocenters. The second-order valence-electron chi connectivity index (χ2n) is 5.30. The van der Waals surface area contributed by atoms with E-state index in [-0.39, 0.29) is 19.3 Å². The van der Waals surface area contributed by atoms with Crippen LogP contribution in [0.4, 0.5) is 4.79 Å². The Balaban J connectivity index is 2.62. The lowest BCUT2D eigenvalue weighted by Crippen LogP contribution is -2.42. The van der Waals surface area contributed by atoms with Crippen molar-refractivity contribution in [3.8, 4) is 11.5 Å². The van der Waals surface area contributed by atoms with Crippen molar-refractivity contribution < 1.29 is 28.6 Å². The van der Waals surface area contributed by atoms with Gasteiger partial charge in [-0.25, -0.2) is 4.79 Å². The number of benzene rings is 1. The quantitative estimate of drug-likeness (QED) is 0.504. The van der Waals surface area contributed by atoms with E-state index in [0.29, 0.717) is 11.5 Å². The first-order chi connectivity index (χ1) is 12.4. The maximum absolute atomic E-state index is 12.0. The largest absolute Gasteiger partial charge is 0.492 e. The summed E-state index contributed by atoms with van der Waals surface area (Å²) in [5.74, 6) is -0.283. The molecule has 0 N–H and O–H groups in total. The van der Waals surface area contributed by atoms with Crippen molar-refractivity contribution in [1.82, 2.24) is 4.90 Å². The van der Waals surface area contributed by atoms with Crippen molar-refractivity contribution in [2.24, 2.45) is 0 Å². The van der Waals surface area contributed by atoms with Gasteiger partial charge < -0.3 is 14.2 Å². The predicted molar refractivity (Wildman–Crippen MR) is 99.6 cm³/mol. The molecule has 1 aromatic carbocycles. The third-order valence-electron chi connectivity index (χ3n) is 3.41. The second-order valence-corrected chi connectivity index (χ2v) is 6.52. The number of methoxy groups -OCH3 is 1. The number of imide groups is 1. The predicted octanol–water partition coefficient (Wildman–Crippen LogP) is 3.12. The highest BCUT2D eigenvalue weighted by molar-refractivity contribution is 8.13. The number of rotatable bonds is 8. The Morgan fingerprint density at radius 1 is 1.12 bits per heavy atom. The summed E-state index contributed by atoms with van der Waals surface area (Å²) in [6.45, 7) is 5.82. The maximum atomic E-state index is 12.0. The van der Waals surface area contributed by atoms with Gasteiger partial charge in [0.15, 0.2) is 0 Å². The zero-order valence-electron chi connectivity index (χ0n) is 15.5. The molecule has 0 bridgehead atoms. The summed E-state index contributed by atoms with van der Waals surface area (Å²) in [7, 11) is 1.09. The Labute approximate surface area is 158 Å². The van der Waals surface area contributed by atoms with E-state index in [9.17, 15) is 14.4 Å². The number of thioether (sulfide) groups is 1. The third-order valence-corrected chi connectivity index (χ3v) is 4.17. The van der Waals surface area contributed by atoms with Crippen molar-refractivity contribution >= 4 is 28.9 Å². The third kappa shape index (κ3) is 6.95. The number of nitrogens with zero attached hydrogens (tertiary/aromatic N) is 1. The van der Waals surface area contributed by atoms with Gasteiger partial charge in [0, 0.05) is 0 Å². The highest BCUT2D eigenvalue weighted by Crippen LogP contribution is 2.19. The lowest BCUT2D eigenvalue weighted by molar-refractivity contribution is -0.156. The molecule has 0 fully saturated rings. The minimum absolute atomic E-state index is 0.0507. The number of esters is 1. The van der Waals surface area contributed by atoms with E-state index in [1.54, 1.807) is 31.2 Å². The van der Waals surface area contributed by atoms with Crippen LogP contribution in [0, 0.1) is 0 Å². The first-order valence-corrected chi connectivity index (χ1v) is 9.37. The van der Waals surface area contributed by atoms with Crippen LogP contribution >= 0.6 is 11.8 Å². The molecule has 144 valence electrons. The van der Waals surface area contributed by atoms with E-state index >= 15 is 0 Å². The number of amides is 2. The van der Waals surface area contributed by atoms with Crippen LogP contribution in [0.15, 0.2) is 24.3 Å². The van der Waals surface area contributed by atoms with Crippen molar-refractivity contribution in [2.45, 2.75) is 33.3 Å². The smallest absolute Gasteiger partial charge is 0.397 e. The van der Waals surface area contributed by atoms with Gasteiger partial charge in [-0.05, 0) is 43.4 Å². The van der Waals surface area contributed by atoms with Crippen LogP contribution in [0.3, 0.4) is 0 Å². The molecule has 0 spiro atoms. The number of hydrogen-bond donors (Lipinski definition) is 0. The van der Waals surface area contributed by atoms with E-state index in [2.05, 4.69) is 4.74 Å². The summed E-state index contributed by atoms with van der Waals surface area (Å²) in [6, 6.07) is 7.06. The lowest BCUT2D eigenvalue weighted by atomic mass is 10.3. The van der Waals surface area contributed by atoms with Crippen LogP contribution in [0.5, 0.6) is 11.5 Å². The molecular formula is C18H25NO6S. The highest BCUT2D eigenvalue weighted by Gasteiger charge is 2.28. The zero-order valence-corrected chi connectivity index (χ0v) is 16.3. The van der Waals surface area contributed by atoms with Gasteiger partial charge >= 0.3 is 11.9 Å². The SMILES string of the molecule is CCSC(=O)N(CCOc1ccc(OC(C)CC)cc1)C(=O)C(=O)OC. The van der Waals surface area contributed by atoms with Crippen LogP contribution in [0.1, 0.15) is 27.2 Å². The molecule has 2 amide bonds. The summed E-state index contributed by atoms with van der Waals surface area (Å²) >= 11 is 0.938. The molecule has 0 aliphatic carbocycles. The van der Waals surface area contributed by atoms with E-state index in [0.717, 1.165) is 35.9 Å². The van der Waals surface area contributed by atoms with Gasteiger partial charge in [0.05, 0.1) is 19.8 Å². The summed E-state index contributed by atoms with van der Waals surface area (Å²) in [5, 5.41) is -0.510. The summed E-state index contributed by atoms with van der Waals surface area (Å²) in [6.07, 6.45) is 1.04. The average Bonchev–Trinajstić information content (AvgIpc) is 2.65. The molecule has 0 aliphatic heterocycles. The number of ether oxygens (including phenoxy) is 3. The van der Waals surface area contributed by atoms with Crippen LogP contribution in [-0.4, -0.2) is 54.1 Å². The first kappa shape index (κ1) is 21.8. The van der Waals surface area contributed by atoms with Crippen molar-refractivity contribution in [3.05, 3.63) is 24.3 Å². The summed E-state index contributed by atoms with van der Waals surface area (Å²) < 4.78 is 15.6. The number of carbonyl (C=O) groups excluding carboxylic acids is 3. The molecule has 0 saturated heterocycles. The van der Waals surface area contributed by atoms with Gasteiger partial charge in [0.2, 0.25) is 0 Å². The Bertz CT molecular complexity index is 604. The van der Waals surface area contributed by atoms with Crippen LogP contribution in [-0.2, 0) is 14.3 Å². The van der Waals surface area contributed by atoms with E-state index in [1.165, 1.54) is 0 Å². The minimum Gasteiger partial charge on any atom is -0.492 e. The second kappa shape index (κ2) is 11.4. The van der Waals surface area contributed by atoms with E-state index in [1.807, 2.05) is 13.8 Å². The number of hydrogen-bond acceptors (Lipinski definition) is 7. The zero-order chi connectivity index (χ0) is 19.5. The van der Waals surface area contributed by atoms with Gasteiger partial charge in [0.1, 0.15) is 18.1 Å². The standard InChI is InChI=1S/C18H25NO6S/c1-5-13(3)25-15-9-7-14(8-10-15)24-12-11-19(18(22)26-6-2)16(20)17(21)23-4/h7-10,13H,5-6,11-12H2,1-4H3. The van der Waals surface area contributed by atoms with Crippen LogP contribution in [0.25, 0.3) is 0 Å². The van der Waals surface area contributed by atoms with Crippen molar-refractivity contribution in [2.75, 3.05) is 26.0 Å². The van der Waals surface area contributed by atoms with Gasteiger partial charge in [-0.15, -0.1) is 0 Å². The molecule has 26 heavy (non-hydrogen) atoms. The topological polar surface area (TPSA) is 82.1 Å². The fourth-order valence-corrected chi connectivity index (χ4v) is 2.44. The lowest BCUT2D eigenvalue weighted by Gasteiger charge is -2.19. The molecular weight excluding hydrogens is 358 g/mol. The summed E-state index contributed by atoms with van der Waals surface area (Å²) in [4.78, 5) is 36.2. The van der Waals surface area contributed by atoms with Crippen LogP contribution in [0.2, 0.25) is 0 Å². The van der Waals surface area contributed by atoms with Gasteiger partial charge in [0.25, 0.3) is 5.24 Å². The van der Waals surface area contributed by atoms with Gasteiger partial charge in [-0.2, -0.15) is 0 Å². The Morgan fingerprint density at radius 2 is 1.73 bits per heavy atom. The van der Waals surface area contributed by atoms with Crippen molar-refractivity contribution in [1.29, 1.82) is 0 Å². The van der Waals surface area contributed by atoms with Gasteiger partial charge in [-0.1, -0.05) is 25.6 Å².